The molecule has 0 spiro atoms. The van der Waals surface area contributed by atoms with Gasteiger partial charge in [-0.05, 0) is 12.8 Å². The van der Waals surface area contributed by atoms with E-state index in [2.05, 4.69) is 22.9 Å². The first-order valence-corrected chi connectivity index (χ1v) is 3.47. The fourth-order valence-electron chi connectivity index (χ4n) is 0.358. The molecule has 0 fully saturated rings. The molecule has 1 unspecified atom stereocenters. The van der Waals surface area contributed by atoms with Gasteiger partial charge in [0.1, 0.15) is 0 Å². The van der Waals surface area contributed by atoms with E-state index in [1.807, 2.05) is 0 Å². The molecule has 7 heavy (non-hydrogen) atoms. The van der Waals surface area contributed by atoms with E-state index in [1.165, 1.54) is 0 Å². The Bertz CT molecular complexity index is 37.1. The molecule has 0 radical (unpaired) electrons. The number of unbranched alkanes of at least 4 members (excludes halogenated alkanes) is 1. The van der Waals surface area contributed by atoms with Gasteiger partial charge in [-0.25, -0.2) is 4.39 Å². The standard InChI is InChI=1S/C5H10BrF/c1-2-3-4-5(6)7/h5H,2-4H2,1H3. The van der Waals surface area contributed by atoms with Crippen molar-refractivity contribution >= 4 is 15.9 Å². The van der Waals surface area contributed by atoms with Crippen LogP contribution in [0.3, 0.4) is 0 Å². The summed E-state index contributed by atoms with van der Waals surface area (Å²) in [6.07, 6.45) is 2.70. The molecule has 0 amide bonds. The van der Waals surface area contributed by atoms with Crippen molar-refractivity contribution in [2.45, 2.75) is 31.3 Å². The zero-order valence-electron chi connectivity index (χ0n) is 4.45. The Labute approximate surface area is 52.2 Å². The molecule has 0 aliphatic heterocycles. The summed E-state index contributed by atoms with van der Waals surface area (Å²) in [5.74, 6) is 0. The number of halogens is 2. The average Bonchev–Trinajstić information content (AvgIpc) is 1.61. The second-order valence-corrected chi connectivity index (χ2v) is 2.53. The maximum Gasteiger partial charge on any atom is 0.154 e. The Morgan fingerprint density at radius 1 is 1.71 bits per heavy atom. The van der Waals surface area contributed by atoms with Crippen LogP contribution >= 0.6 is 15.9 Å². The minimum absolute atomic E-state index is 0.649. The van der Waals surface area contributed by atoms with Crippen molar-refractivity contribution < 1.29 is 4.39 Å². The predicted molar refractivity (Wildman–Crippen MR) is 33.3 cm³/mol. The molecule has 0 saturated carbocycles. The quantitative estimate of drug-likeness (QED) is 0.569. The van der Waals surface area contributed by atoms with Crippen LogP contribution in [-0.4, -0.2) is 5.08 Å². The summed E-state index contributed by atoms with van der Waals surface area (Å²) < 4.78 is 11.8. The summed E-state index contributed by atoms with van der Waals surface area (Å²) in [5.41, 5.74) is 0. The highest BCUT2D eigenvalue weighted by Crippen LogP contribution is 2.09. The predicted octanol–water partition coefficient (Wildman–Crippen LogP) is 2.87. The smallest absolute Gasteiger partial charge is 0.154 e. The van der Waals surface area contributed by atoms with E-state index in [0.29, 0.717) is 6.42 Å². The van der Waals surface area contributed by atoms with Crippen LogP contribution in [0, 0.1) is 0 Å². The van der Waals surface area contributed by atoms with E-state index in [9.17, 15) is 4.39 Å². The first kappa shape index (κ1) is 7.41. The summed E-state index contributed by atoms with van der Waals surface area (Å²) in [5, 5.41) is -0.785. The van der Waals surface area contributed by atoms with Crippen molar-refractivity contribution in [2.75, 3.05) is 0 Å². The fraction of sp³-hybridized carbons (Fsp3) is 1.00. The Hall–Kier alpha value is 0.410. The number of rotatable bonds is 3. The highest BCUT2D eigenvalue weighted by atomic mass is 79.9. The molecule has 0 aliphatic rings. The van der Waals surface area contributed by atoms with Crippen LogP contribution in [0.4, 0.5) is 4.39 Å². The van der Waals surface area contributed by atoms with Gasteiger partial charge < -0.3 is 0 Å². The van der Waals surface area contributed by atoms with Gasteiger partial charge in [-0.3, -0.25) is 0 Å². The number of hydrogen-bond donors (Lipinski definition) is 0. The van der Waals surface area contributed by atoms with Gasteiger partial charge in [0, 0.05) is 0 Å². The Balaban J connectivity index is 2.68. The molecule has 0 aliphatic carbocycles. The van der Waals surface area contributed by atoms with Crippen molar-refractivity contribution in [3.63, 3.8) is 0 Å². The average molecular weight is 169 g/mol. The van der Waals surface area contributed by atoms with Crippen LogP contribution in [0.2, 0.25) is 0 Å². The third-order valence-electron chi connectivity index (χ3n) is 0.776. The van der Waals surface area contributed by atoms with E-state index >= 15 is 0 Å². The lowest BCUT2D eigenvalue weighted by molar-refractivity contribution is 0.427. The monoisotopic (exact) mass is 168 g/mol. The van der Waals surface area contributed by atoms with Gasteiger partial charge >= 0.3 is 0 Å². The summed E-state index contributed by atoms with van der Waals surface area (Å²) in [6.45, 7) is 2.05. The van der Waals surface area contributed by atoms with Crippen molar-refractivity contribution in [3.05, 3.63) is 0 Å². The lowest BCUT2D eigenvalue weighted by Crippen LogP contribution is -1.84. The minimum atomic E-state index is -0.785. The van der Waals surface area contributed by atoms with Gasteiger partial charge in [-0.2, -0.15) is 0 Å². The first-order chi connectivity index (χ1) is 3.27. The van der Waals surface area contributed by atoms with Crippen LogP contribution < -0.4 is 0 Å². The fourth-order valence-corrected chi connectivity index (χ4v) is 0.682. The van der Waals surface area contributed by atoms with Crippen LogP contribution in [-0.2, 0) is 0 Å². The van der Waals surface area contributed by atoms with Gasteiger partial charge in [0.15, 0.2) is 5.08 Å². The molecule has 44 valence electrons. The highest BCUT2D eigenvalue weighted by Gasteiger charge is 1.95. The van der Waals surface area contributed by atoms with Crippen molar-refractivity contribution in [2.24, 2.45) is 0 Å². The molecule has 0 bridgehead atoms. The van der Waals surface area contributed by atoms with Gasteiger partial charge in [-0.1, -0.05) is 29.3 Å². The molecule has 0 aromatic carbocycles. The summed E-state index contributed by atoms with van der Waals surface area (Å²) >= 11 is 2.81. The zero-order valence-corrected chi connectivity index (χ0v) is 6.04. The Kier molecular flexibility index (Phi) is 4.83. The van der Waals surface area contributed by atoms with Gasteiger partial charge in [0.2, 0.25) is 0 Å². The van der Waals surface area contributed by atoms with Crippen molar-refractivity contribution in [1.82, 2.24) is 0 Å². The first-order valence-electron chi connectivity index (χ1n) is 2.55. The third-order valence-corrected chi connectivity index (χ3v) is 1.23. The van der Waals surface area contributed by atoms with Gasteiger partial charge in [0.25, 0.3) is 0 Å². The molecule has 2 heteroatoms. The molecule has 0 heterocycles. The van der Waals surface area contributed by atoms with Gasteiger partial charge in [0.05, 0.1) is 0 Å². The van der Waals surface area contributed by atoms with Crippen molar-refractivity contribution in [1.29, 1.82) is 0 Å². The highest BCUT2D eigenvalue weighted by molar-refractivity contribution is 9.09. The lowest BCUT2D eigenvalue weighted by Gasteiger charge is -1.93. The van der Waals surface area contributed by atoms with Crippen LogP contribution in [0.25, 0.3) is 0 Å². The number of hydrogen-bond acceptors (Lipinski definition) is 0. The van der Waals surface area contributed by atoms with E-state index < -0.39 is 5.08 Å². The molecule has 1 atom stereocenters. The van der Waals surface area contributed by atoms with Crippen LogP contribution in [0.15, 0.2) is 0 Å². The molecule has 0 rings (SSSR count). The normalized spacial score (nSPS) is 14.1. The van der Waals surface area contributed by atoms with E-state index in [-0.39, 0.29) is 0 Å². The molecule has 0 N–H and O–H groups in total. The zero-order chi connectivity index (χ0) is 5.70. The SMILES string of the molecule is CCCCC(F)Br. The maximum absolute atomic E-state index is 11.8. The van der Waals surface area contributed by atoms with Gasteiger partial charge in [-0.15, -0.1) is 0 Å². The largest absolute Gasteiger partial charge is 0.235 e. The van der Waals surface area contributed by atoms with E-state index in [0.717, 1.165) is 12.8 Å². The topological polar surface area (TPSA) is 0 Å². The molecular weight excluding hydrogens is 159 g/mol. The van der Waals surface area contributed by atoms with E-state index in [1.54, 1.807) is 0 Å². The summed E-state index contributed by atoms with van der Waals surface area (Å²) in [6, 6.07) is 0. The second-order valence-electron chi connectivity index (χ2n) is 1.53. The maximum atomic E-state index is 11.8. The summed E-state index contributed by atoms with van der Waals surface area (Å²) in [7, 11) is 0. The Morgan fingerprint density at radius 2 is 2.29 bits per heavy atom. The van der Waals surface area contributed by atoms with Crippen LogP contribution in [0.1, 0.15) is 26.2 Å². The third kappa shape index (κ3) is 6.41. The lowest BCUT2D eigenvalue weighted by atomic mass is 10.3. The molecular formula is C5H10BrF. The molecule has 0 saturated heterocycles. The molecule has 0 aromatic rings. The second kappa shape index (κ2) is 4.57. The summed E-state index contributed by atoms with van der Waals surface area (Å²) in [4.78, 5) is 0. The van der Waals surface area contributed by atoms with Crippen molar-refractivity contribution in [3.8, 4) is 0 Å². The minimum Gasteiger partial charge on any atom is -0.235 e. The molecule has 0 aromatic heterocycles. The van der Waals surface area contributed by atoms with E-state index in [4.69, 9.17) is 0 Å². The number of alkyl halides is 2. The Morgan fingerprint density at radius 3 is 2.43 bits per heavy atom. The van der Waals surface area contributed by atoms with Crippen LogP contribution in [0.5, 0.6) is 0 Å². The molecule has 0 nitrogen and oxygen atoms in total.